The molecule has 5 heteroatoms. The van der Waals surface area contributed by atoms with E-state index in [-0.39, 0.29) is 16.9 Å². The number of phenols is 1. The van der Waals surface area contributed by atoms with Crippen LogP contribution in [0.25, 0.3) is 10.8 Å². The number of ketones is 1. The second-order valence-electron chi connectivity index (χ2n) is 5.16. The number of hydrogen-bond donors (Lipinski definition) is 1. The molecule has 0 bridgehead atoms. The lowest BCUT2D eigenvalue weighted by molar-refractivity contribution is 0.0471. The van der Waals surface area contributed by atoms with E-state index in [1.807, 2.05) is 6.07 Å². The molecule has 0 spiro atoms. The summed E-state index contributed by atoms with van der Waals surface area (Å²) in [6.45, 7) is -0.605. The molecule has 0 unspecified atom stereocenters. The highest BCUT2D eigenvalue weighted by atomic mass is 19.1. The summed E-state index contributed by atoms with van der Waals surface area (Å²) >= 11 is 0. The molecule has 120 valence electrons. The van der Waals surface area contributed by atoms with Crippen molar-refractivity contribution in [3.8, 4) is 5.75 Å². The van der Waals surface area contributed by atoms with E-state index in [1.165, 1.54) is 24.3 Å². The molecule has 0 radical (unpaired) electrons. The van der Waals surface area contributed by atoms with Gasteiger partial charge < -0.3 is 9.84 Å². The number of carbonyl (C=O) groups excluding carboxylic acids is 2. The van der Waals surface area contributed by atoms with Gasteiger partial charge in [0.25, 0.3) is 0 Å². The molecule has 4 nitrogen and oxygen atoms in total. The monoisotopic (exact) mass is 324 g/mol. The van der Waals surface area contributed by atoms with Crippen LogP contribution in [-0.2, 0) is 4.74 Å². The number of ether oxygens (including phenoxy) is 1. The van der Waals surface area contributed by atoms with Crippen molar-refractivity contribution in [2.24, 2.45) is 0 Å². The van der Waals surface area contributed by atoms with Gasteiger partial charge in [-0.1, -0.05) is 42.5 Å². The summed E-state index contributed by atoms with van der Waals surface area (Å²) in [7, 11) is 0. The average molecular weight is 324 g/mol. The van der Waals surface area contributed by atoms with Gasteiger partial charge in [0.15, 0.2) is 6.61 Å². The van der Waals surface area contributed by atoms with E-state index in [1.54, 1.807) is 24.3 Å². The van der Waals surface area contributed by atoms with E-state index in [0.29, 0.717) is 5.39 Å². The Hall–Kier alpha value is -3.21. The highest BCUT2D eigenvalue weighted by Crippen LogP contribution is 2.29. The SMILES string of the molecule is O=C(COC(=O)c1ccc2ccccc2c1O)c1ccccc1F. The Kier molecular flexibility index (Phi) is 4.24. The van der Waals surface area contributed by atoms with Crippen molar-refractivity contribution in [1.29, 1.82) is 0 Å². The molecular formula is C19H13FO4. The lowest BCUT2D eigenvalue weighted by atomic mass is 10.1. The molecule has 0 saturated heterocycles. The van der Waals surface area contributed by atoms with Gasteiger partial charge in [-0.25, -0.2) is 9.18 Å². The van der Waals surface area contributed by atoms with Gasteiger partial charge in [-0.3, -0.25) is 4.79 Å². The number of benzene rings is 3. The lowest BCUT2D eigenvalue weighted by Crippen LogP contribution is -2.15. The molecule has 0 aliphatic rings. The Morgan fingerprint density at radius 2 is 1.62 bits per heavy atom. The number of phenolic OH excluding ortho intramolecular Hbond substituents is 1. The third-order valence-corrected chi connectivity index (χ3v) is 3.63. The molecule has 3 aromatic carbocycles. The van der Waals surface area contributed by atoms with E-state index in [0.717, 1.165) is 11.5 Å². The predicted molar refractivity (Wildman–Crippen MR) is 86.6 cm³/mol. The van der Waals surface area contributed by atoms with Gasteiger partial charge in [-0.15, -0.1) is 0 Å². The fraction of sp³-hybridized carbons (Fsp3) is 0.0526. The van der Waals surface area contributed by atoms with Crippen LogP contribution in [0, 0.1) is 5.82 Å². The molecule has 0 aliphatic heterocycles. The van der Waals surface area contributed by atoms with E-state index >= 15 is 0 Å². The van der Waals surface area contributed by atoms with Crippen molar-refractivity contribution in [3.05, 3.63) is 77.6 Å². The number of aromatic hydroxyl groups is 1. The van der Waals surface area contributed by atoms with Crippen LogP contribution in [0.2, 0.25) is 0 Å². The summed E-state index contributed by atoms with van der Waals surface area (Å²) in [6, 6.07) is 15.6. The van der Waals surface area contributed by atoms with E-state index in [4.69, 9.17) is 4.74 Å². The summed E-state index contributed by atoms with van der Waals surface area (Å²) in [6.07, 6.45) is 0. The van der Waals surface area contributed by atoms with Crippen LogP contribution in [0.1, 0.15) is 20.7 Å². The second-order valence-corrected chi connectivity index (χ2v) is 5.16. The van der Waals surface area contributed by atoms with Crippen LogP contribution in [0.3, 0.4) is 0 Å². The van der Waals surface area contributed by atoms with Crippen molar-refractivity contribution in [2.45, 2.75) is 0 Å². The summed E-state index contributed by atoms with van der Waals surface area (Å²) < 4.78 is 18.4. The molecule has 0 aliphatic carbocycles. The zero-order chi connectivity index (χ0) is 17.1. The molecule has 0 aromatic heterocycles. The summed E-state index contributed by atoms with van der Waals surface area (Å²) in [5, 5.41) is 11.5. The zero-order valence-electron chi connectivity index (χ0n) is 12.5. The molecule has 3 rings (SSSR count). The van der Waals surface area contributed by atoms with Gasteiger partial charge in [0.05, 0.1) is 5.56 Å². The maximum Gasteiger partial charge on any atom is 0.342 e. The third kappa shape index (κ3) is 2.96. The third-order valence-electron chi connectivity index (χ3n) is 3.63. The molecular weight excluding hydrogens is 311 g/mol. The van der Waals surface area contributed by atoms with Crippen LogP contribution in [-0.4, -0.2) is 23.5 Å². The van der Waals surface area contributed by atoms with E-state index in [9.17, 15) is 19.1 Å². The first-order valence-electron chi connectivity index (χ1n) is 7.23. The molecule has 0 fully saturated rings. The number of hydrogen-bond acceptors (Lipinski definition) is 4. The van der Waals surface area contributed by atoms with Crippen LogP contribution < -0.4 is 0 Å². The topological polar surface area (TPSA) is 63.6 Å². The first-order valence-corrected chi connectivity index (χ1v) is 7.23. The van der Waals surface area contributed by atoms with Crippen LogP contribution in [0.15, 0.2) is 60.7 Å². The molecule has 0 amide bonds. The van der Waals surface area contributed by atoms with Gasteiger partial charge in [-0.2, -0.15) is 0 Å². The summed E-state index contributed by atoms with van der Waals surface area (Å²) in [5.41, 5.74) is -0.192. The minimum absolute atomic E-state index is 0.0463. The van der Waals surface area contributed by atoms with Crippen molar-refractivity contribution in [2.75, 3.05) is 6.61 Å². The minimum atomic E-state index is -0.844. The maximum absolute atomic E-state index is 13.5. The van der Waals surface area contributed by atoms with Crippen molar-refractivity contribution in [3.63, 3.8) is 0 Å². The van der Waals surface area contributed by atoms with Gasteiger partial charge in [0.1, 0.15) is 17.1 Å². The fourth-order valence-electron chi connectivity index (χ4n) is 2.39. The first-order chi connectivity index (χ1) is 11.6. The quantitative estimate of drug-likeness (QED) is 0.587. The van der Waals surface area contributed by atoms with Gasteiger partial charge in [0, 0.05) is 5.39 Å². The number of rotatable bonds is 4. The molecule has 3 aromatic rings. The normalized spacial score (nSPS) is 10.5. The average Bonchev–Trinajstić information content (AvgIpc) is 2.60. The largest absolute Gasteiger partial charge is 0.506 e. The zero-order valence-corrected chi connectivity index (χ0v) is 12.5. The minimum Gasteiger partial charge on any atom is -0.506 e. The van der Waals surface area contributed by atoms with E-state index < -0.39 is 24.2 Å². The maximum atomic E-state index is 13.5. The Morgan fingerprint density at radius 1 is 0.917 bits per heavy atom. The van der Waals surface area contributed by atoms with Crippen LogP contribution in [0.4, 0.5) is 4.39 Å². The number of carbonyl (C=O) groups is 2. The van der Waals surface area contributed by atoms with Crippen molar-refractivity contribution >= 4 is 22.5 Å². The molecule has 0 atom stereocenters. The number of esters is 1. The Balaban J connectivity index is 1.77. The molecule has 24 heavy (non-hydrogen) atoms. The summed E-state index contributed by atoms with van der Waals surface area (Å²) in [4.78, 5) is 24.0. The molecule has 1 N–H and O–H groups in total. The Labute approximate surface area is 137 Å². The van der Waals surface area contributed by atoms with Crippen molar-refractivity contribution < 1.29 is 23.8 Å². The van der Waals surface area contributed by atoms with Crippen LogP contribution >= 0.6 is 0 Å². The van der Waals surface area contributed by atoms with Crippen molar-refractivity contribution in [1.82, 2.24) is 0 Å². The predicted octanol–water partition coefficient (Wildman–Crippen LogP) is 3.72. The summed E-state index contributed by atoms with van der Waals surface area (Å²) in [5.74, 6) is -2.38. The number of Topliss-reactive ketones (excluding diaryl/α,β-unsaturated/α-hetero) is 1. The van der Waals surface area contributed by atoms with Gasteiger partial charge in [-0.05, 0) is 23.6 Å². The van der Waals surface area contributed by atoms with Gasteiger partial charge >= 0.3 is 5.97 Å². The number of fused-ring (bicyclic) bond motifs is 1. The first kappa shape index (κ1) is 15.7. The lowest BCUT2D eigenvalue weighted by Gasteiger charge is -2.08. The second kappa shape index (κ2) is 6.50. The van der Waals surface area contributed by atoms with E-state index in [2.05, 4.69) is 0 Å². The Bertz CT molecular complexity index is 934. The molecule has 0 heterocycles. The molecule has 0 saturated carbocycles. The van der Waals surface area contributed by atoms with Crippen LogP contribution in [0.5, 0.6) is 5.75 Å². The van der Waals surface area contributed by atoms with Gasteiger partial charge in [0.2, 0.25) is 5.78 Å². The Morgan fingerprint density at radius 3 is 2.42 bits per heavy atom. The smallest absolute Gasteiger partial charge is 0.342 e. The fourth-order valence-corrected chi connectivity index (χ4v) is 2.39. The highest BCUT2D eigenvalue weighted by Gasteiger charge is 2.18. The number of halogens is 1. The highest BCUT2D eigenvalue weighted by molar-refractivity contribution is 6.03. The standard InChI is InChI=1S/C19H13FO4/c20-16-8-4-3-7-14(16)17(21)11-24-19(23)15-10-9-12-5-1-2-6-13(12)18(15)22/h1-10,22H,11H2.